The summed E-state index contributed by atoms with van der Waals surface area (Å²) in [4.78, 5) is 0.155. The van der Waals surface area contributed by atoms with Crippen molar-refractivity contribution < 1.29 is 13.2 Å². The summed E-state index contributed by atoms with van der Waals surface area (Å²) in [6.45, 7) is 0.602. The van der Waals surface area contributed by atoms with Gasteiger partial charge >= 0.3 is 0 Å². The maximum atomic E-state index is 12.5. The average Bonchev–Trinajstić information content (AvgIpc) is 2.74. The lowest BCUT2D eigenvalue weighted by atomic mass is 10.2. The Hall–Kier alpha value is -3.10. The third-order valence-electron chi connectivity index (χ3n) is 4.06. The Labute approximate surface area is 176 Å². The second-order valence-electron chi connectivity index (χ2n) is 6.15. The molecule has 3 aromatic rings. The zero-order valence-corrected chi connectivity index (χ0v) is 17.4. The molecule has 150 valence electrons. The second-order valence-corrected chi connectivity index (χ2v) is 8.24. The molecule has 8 heteroatoms. The molecule has 3 N–H and O–H groups in total. The van der Waals surface area contributed by atoms with E-state index in [1.165, 1.54) is 12.1 Å². The van der Waals surface area contributed by atoms with Gasteiger partial charge in [0.2, 0.25) is 0 Å². The molecule has 0 saturated heterocycles. The summed E-state index contributed by atoms with van der Waals surface area (Å²) in [7, 11) is -2.14. The number of thiocarbonyl (C=S) groups is 1. The number of hydrogen-bond donors (Lipinski definition) is 3. The van der Waals surface area contributed by atoms with Gasteiger partial charge in [-0.05, 0) is 66.3 Å². The van der Waals surface area contributed by atoms with Crippen molar-refractivity contribution in [3.8, 4) is 5.75 Å². The molecule has 0 radical (unpaired) electrons. The summed E-state index contributed by atoms with van der Waals surface area (Å²) in [6, 6.07) is 22.9. The van der Waals surface area contributed by atoms with Gasteiger partial charge in [-0.2, -0.15) is 0 Å². The first-order valence-electron chi connectivity index (χ1n) is 8.82. The van der Waals surface area contributed by atoms with Crippen molar-refractivity contribution in [3.05, 3.63) is 84.4 Å². The highest BCUT2D eigenvalue weighted by molar-refractivity contribution is 7.92. The van der Waals surface area contributed by atoms with Crippen LogP contribution in [0.1, 0.15) is 5.56 Å². The van der Waals surface area contributed by atoms with Gasteiger partial charge in [0.1, 0.15) is 5.75 Å². The van der Waals surface area contributed by atoms with Crippen LogP contribution in [0.4, 0.5) is 11.4 Å². The van der Waals surface area contributed by atoms with Crippen molar-refractivity contribution in [1.29, 1.82) is 0 Å². The van der Waals surface area contributed by atoms with Crippen molar-refractivity contribution in [2.75, 3.05) is 17.1 Å². The lowest BCUT2D eigenvalue weighted by molar-refractivity contribution is 0.415. The highest BCUT2D eigenvalue weighted by Gasteiger charge is 2.14. The number of nitrogens with one attached hydrogen (secondary N) is 3. The van der Waals surface area contributed by atoms with Crippen molar-refractivity contribution in [1.82, 2.24) is 5.32 Å². The van der Waals surface area contributed by atoms with Gasteiger partial charge in [0.05, 0.1) is 12.0 Å². The van der Waals surface area contributed by atoms with Crippen LogP contribution >= 0.6 is 12.2 Å². The first kappa shape index (κ1) is 20.6. The maximum absolute atomic E-state index is 12.5. The molecule has 0 saturated carbocycles. The van der Waals surface area contributed by atoms with Crippen LogP contribution in [0.5, 0.6) is 5.75 Å². The molecular weight excluding hydrogens is 406 g/mol. The predicted molar refractivity (Wildman–Crippen MR) is 120 cm³/mol. The quantitative estimate of drug-likeness (QED) is 0.495. The largest absolute Gasteiger partial charge is 0.497 e. The lowest BCUT2D eigenvalue weighted by Crippen LogP contribution is -2.27. The van der Waals surface area contributed by atoms with Crippen molar-refractivity contribution in [2.24, 2.45) is 0 Å². The summed E-state index contributed by atoms with van der Waals surface area (Å²) in [5.74, 6) is 0.653. The van der Waals surface area contributed by atoms with Crippen molar-refractivity contribution in [3.63, 3.8) is 0 Å². The molecule has 0 atom stereocenters. The molecule has 0 fully saturated rings. The normalized spacial score (nSPS) is 10.8. The molecule has 0 bridgehead atoms. The van der Waals surface area contributed by atoms with E-state index in [4.69, 9.17) is 17.0 Å². The minimum Gasteiger partial charge on any atom is -0.497 e. The fourth-order valence-electron chi connectivity index (χ4n) is 2.54. The molecule has 0 amide bonds. The molecule has 0 aliphatic rings. The van der Waals surface area contributed by atoms with Crippen LogP contribution in [0.15, 0.2) is 83.8 Å². The number of rotatable bonds is 7. The summed E-state index contributed by atoms with van der Waals surface area (Å²) in [5, 5.41) is 6.62. The number of methoxy groups -OCH3 is 1. The van der Waals surface area contributed by atoms with Crippen LogP contribution in [0.2, 0.25) is 0 Å². The molecular formula is C21H21N3O3S2. The number of ether oxygens (including phenoxy) is 1. The molecule has 3 rings (SSSR count). The van der Waals surface area contributed by atoms with Gasteiger partial charge in [-0.3, -0.25) is 4.72 Å². The molecule has 6 nitrogen and oxygen atoms in total. The van der Waals surface area contributed by atoms with Crippen LogP contribution in [0.3, 0.4) is 0 Å². The topological polar surface area (TPSA) is 79.5 Å². The number of benzene rings is 3. The number of anilines is 2. The van der Waals surface area contributed by atoms with Gasteiger partial charge in [-0.15, -0.1) is 0 Å². The van der Waals surface area contributed by atoms with Crippen molar-refractivity contribution in [2.45, 2.75) is 11.4 Å². The van der Waals surface area contributed by atoms with E-state index in [9.17, 15) is 8.42 Å². The van der Waals surface area contributed by atoms with E-state index < -0.39 is 10.0 Å². The van der Waals surface area contributed by atoms with Crippen LogP contribution in [0, 0.1) is 0 Å². The molecule has 29 heavy (non-hydrogen) atoms. The minimum absolute atomic E-state index is 0.155. The Bertz CT molecular complexity index is 1050. The van der Waals surface area contributed by atoms with E-state index in [0.717, 1.165) is 5.56 Å². The summed E-state index contributed by atoms with van der Waals surface area (Å²) < 4.78 is 32.7. The van der Waals surface area contributed by atoms with E-state index in [-0.39, 0.29) is 4.90 Å². The summed E-state index contributed by atoms with van der Waals surface area (Å²) in [6.07, 6.45) is 0. The van der Waals surface area contributed by atoms with Crippen LogP contribution in [0.25, 0.3) is 0 Å². The van der Waals surface area contributed by atoms with Crippen LogP contribution in [-0.2, 0) is 16.6 Å². The fraction of sp³-hybridized carbons (Fsp3) is 0.0952. The van der Waals surface area contributed by atoms with E-state index in [1.54, 1.807) is 43.5 Å². The Balaban J connectivity index is 1.58. The third kappa shape index (κ3) is 5.94. The lowest BCUT2D eigenvalue weighted by Gasteiger charge is -2.12. The predicted octanol–water partition coefficient (Wildman–Crippen LogP) is 3.98. The third-order valence-corrected chi connectivity index (χ3v) is 5.70. The van der Waals surface area contributed by atoms with E-state index in [1.807, 2.05) is 30.3 Å². The van der Waals surface area contributed by atoms with Crippen molar-refractivity contribution >= 4 is 38.7 Å². The molecule has 0 unspecified atom stereocenters. The molecule has 0 aliphatic heterocycles. The highest BCUT2D eigenvalue weighted by atomic mass is 32.2. The highest BCUT2D eigenvalue weighted by Crippen LogP contribution is 2.20. The zero-order chi connectivity index (χ0) is 20.7. The van der Waals surface area contributed by atoms with Gasteiger partial charge in [0.15, 0.2) is 5.11 Å². The number of sulfonamides is 1. The van der Waals surface area contributed by atoms with Gasteiger partial charge in [0, 0.05) is 17.9 Å². The van der Waals surface area contributed by atoms with Gasteiger partial charge < -0.3 is 15.4 Å². The van der Waals surface area contributed by atoms with E-state index in [2.05, 4.69) is 15.4 Å². The Morgan fingerprint density at radius 2 is 1.52 bits per heavy atom. The molecule has 0 heterocycles. The fourth-order valence-corrected chi connectivity index (χ4v) is 3.79. The standard InChI is InChI=1S/C21H21N3O3S2/c1-27-19-11-7-18(8-12-19)24-29(25,26)20-13-9-17(10-14-20)23-21(28)22-15-16-5-3-2-4-6-16/h2-14,24H,15H2,1H3,(H2,22,23,28). The first-order chi connectivity index (χ1) is 14.0. The van der Waals surface area contributed by atoms with Gasteiger partial charge in [-0.25, -0.2) is 8.42 Å². The molecule has 0 spiro atoms. The minimum atomic E-state index is -3.69. The Morgan fingerprint density at radius 1 is 0.897 bits per heavy atom. The smallest absolute Gasteiger partial charge is 0.261 e. The second kappa shape index (κ2) is 9.40. The maximum Gasteiger partial charge on any atom is 0.261 e. The van der Waals surface area contributed by atoms with E-state index in [0.29, 0.717) is 28.8 Å². The zero-order valence-electron chi connectivity index (χ0n) is 15.8. The molecule has 3 aromatic carbocycles. The molecule has 0 aromatic heterocycles. The van der Waals surface area contributed by atoms with Crippen LogP contribution in [-0.4, -0.2) is 20.6 Å². The van der Waals surface area contributed by atoms with Gasteiger partial charge in [-0.1, -0.05) is 30.3 Å². The monoisotopic (exact) mass is 427 g/mol. The van der Waals surface area contributed by atoms with E-state index >= 15 is 0 Å². The average molecular weight is 428 g/mol. The number of hydrogen-bond acceptors (Lipinski definition) is 4. The SMILES string of the molecule is COc1ccc(NS(=O)(=O)c2ccc(NC(=S)NCc3ccccc3)cc2)cc1. The van der Waals surface area contributed by atoms with Crippen LogP contribution < -0.4 is 20.1 Å². The Morgan fingerprint density at radius 3 is 2.14 bits per heavy atom. The first-order valence-corrected chi connectivity index (χ1v) is 10.7. The van der Waals surface area contributed by atoms with Gasteiger partial charge in [0.25, 0.3) is 10.0 Å². The Kier molecular flexibility index (Phi) is 6.69. The summed E-state index contributed by atoms with van der Waals surface area (Å²) >= 11 is 5.29. The molecule has 0 aliphatic carbocycles. The summed E-state index contributed by atoms with van der Waals surface area (Å²) in [5.41, 5.74) is 2.26.